The molecule has 0 saturated heterocycles. The van der Waals surface area contributed by atoms with Gasteiger partial charge in [0.2, 0.25) is 0 Å². The van der Waals surface area contributed by atoms with Gasteiger partial charge in [0.1, 0.15) is 22.5 Å². The van der Waals surface area contributed by atoms with Gasteiger partial charge in [-0.2, -0.15) is 0 Å². The number of nitrogens with zero attached hydrogens (tertiary/aromatic N) is 3. The van der Waals surface area contributed by atoms with E-state index in [2.05, 4.69) is 64.7 Å². The summed E-state index contributed by atoms with van der Waals surface area (Å²) in [5.41, 5.74) is 3.23. The highest BCUT2D eigenvalue weighted by Gasteiger charge is 2.43. The highest BCUT2D eigenvalue weighted by Crippen LogP contribution is 2.52. The monoisotopic (exact) mass is 339 g/mol. The van der Waals surface area contributed by atoms with Crippen LogP contribution in [0.3, 0.4) is 0 Å². The summed E-state index contributed by atoms with van der Waals surface area (Å²) in [6, 6.07) is 7.78. The topological polar surface area (TPSA) is 50.9 Å². The third-order valence-electron chi connectivity index (χ3n) is 5.65. The second-order valence-electron chi connectivity index (χ2n) is 9.43. The average Bonchev–Trinajstić information content (AvgIpc) is 2.90. The molecule has 0 saturated carbocycles. The Hall–Kier alpha value is -2.10. The SMILES string of the molecule is CC(C)(C)C1=C(O)C(n2nc3ccccc3n2)=CC(C)(C(C)(C)C)C1. The minimum Gasteiger partial charge on any atom is -0.506 e. The largest absolute Gasteiger partial charge is 0.506 e. The summed E-state index contributed by atoms with van der Waals surface area (Å²) in [6.07, 6.45) is 2.98. The van der Waals surface area contributed by atoms with Crippen molar-refractivity contribution < 1.29 is 5.11 Å². The number of hydrogen-bond donors (Lipinski definition) is 1. The third-order valence-corrected chi connectivity index (χ3v) is 5.65. The van der Waals surface area contributed by atoms with Gasteiger partial charge in [0.05, 0.1) is 0 Å². The number of aliphatic hydroxyl groups is 1. The Labute approximate surface area is 150 Å². The van der Waals surface area contributed by atoms with Crippen LogP contribution in [0.1, 0.15) is 54.9 Å². The zero-order chi connectivity index (χ0) is 18.6. The van der Waals surface area contributed by atoms with E-state index >= 15 is 0 Å². The number of hydrogen-bond acceptors (Lipinski definition) is 3. The van der Waals surface area contributed by atoms with E-state index in [1.807, 2.05) is 24.3 Å². The van der Waals surface area contributed by atoms with E-state index in [4.69, 9.17) is 0 Å². The first-order valence-electron chi connectivity index (χ1n) is 8.91. The second kappa shape index (κ2) is 5.45. The van der Waals surface area contributed by atoms with E-state index in [0.29, 0.717) is 11.5 Å². The van der Waals surface area contributed by atoms with Gasteiger partial charge in [0.15, 0.2) is 0 Å². The molecule has 4 heteroatoms. The molecule has 0 aliphatic heterocycles. The van der Waals surface area contributed by atoms with Gasteiger partial charge in [-0.1, -0.05) is 60.6 Å². The molecule has 0 amide bonds. The fourth-order valence-electron chi connectivity index (χ4n) is 3.25. The molecule has 1 aromatic carbocycles. The number of benzene rings is 1. The number of fused-ring (bicyclic) bond motifs is 1. The predicted octanol–water partition coefficient (Wildman–Crippen LogP) is 5.59. The van der Waals surface area contributed by atoms with Crippen LogP contribution in [0.4, 0.5) is 0 Å². The molecule has 2 aromatic rings. The van der Waals surface area contributed by atoms with Gasteiger partial charge in [0, 0.05) is 0 Å². The van der Waals surface area contributed by atoms with Gasteiger partial charge in [-0.05, 0) is 46.4 Å². The zero-order valence-corrected chi connectivity index (χ0v) is 16.4. The summed E-state index contributed by atoms with van der Waals surface area (Å²) >= 11 is 0. The Morgan fingerprint density at radius 2 is 1.52 bits per heavy atom. The maximum Gasteiger partial charge on any atom is 0.142 e. The maximum absolute atomic E-state index is 11.1. The molecule has 0 spiro atoms. The molecule has 1 aromatic heterocycles. The van der Waals surface area contributed by atoms with Crippen LogP contribution in [0.25, 0.3) is 16.7 Å². The van der Waals surface area contributed by atoms with Crippen LogP contribution in [0, 0.1) is 16.2 Å². The van der Waals surface area contributed by atoms with Crippen LogP contribution in [0.5, 0.6) is 0 Å². The molecule has 25 heavy (non-hydrogen) atoms. The van der Waals surface area contributed by atoms with Crippen molar-refractivity contribution in [2.24, 2.45) is 16.2 Å². The summed E-state index contributed by atoms with van der Waals surface area (Å²) in [6.45, 7) is 15.4. The first-order chi connectivity index (χ1) is 11.4. The first-order valence-corrected chi connectivity index (χ1v) is 8.91. The summed E-state index contributed by atoms with van der Waals surface area (Å²) in [7, 11) is 0. The van der Waals surface area contributed by atoms with Gasteiger partial charge < -0.3 is 5.11 Å². The molecule has 1 heterocycles. The van der Waals surface area contributed by atoms with Crippen LogP contribution in [-0.4, -0.2) is 20.1 Å². The van der Waals surface area contributed by atoms with Gasteiger partial charge >= 0.3 is 0 Å². The van der Waals surface area contributed by atoms with Crippen molar-refractivity contribution in [3.63, 3.8) is 0 Å². The van der Waals surface area contributed by atoms with Crippen LogP contribution < -0.4 is 0 Å². The van der Waals surface area contributed by atoms with E-state index in [1.54, 1.807) is 4.80 Å². The Balaban J connectivity index is 2.24. The van der Waals surface area contributed by atoms with Crippen molar-refractivity contribution in [3.05, 3.63) is 41.7 Å². The average molecular weight is 339 g/mol. The van der Waals surface area contributed by atoms with Gasteiger partial charge in [0.25, 0.3) is 0 Å². The van der Waals surface area contributed by atoms with Crippen LogP contribution in [0.15, 0.2) is 41.7 Å². The number of allylic oxidation sites excluding steroid dienone is 3. The summed E-state index contributed by atoms with van der Waals surface area (Å²) in [4.78, 5) is 1.59. The number of aromatic nitrogens is 3. The van der Waals surface area contributed by atoms with Crippen LogP contribution in [-0.2, 0) is 0 Å². The lowest BCUT2D eigenvalue weighted by atomic mass is 9.60. The molecule has 1 aliphatic rings. The Kier molecular flexibility index (Phi) is 3.86. The lowest BCUT2D eigenvalue weighted by molar-refractivity contribution is 0.152. The smallest absolute Gasteiger partial charge is 0.142 e. The molecule has 134 valence electrons. The number of aliphatic hydroxyl groups excluding tert-OH is 1. The normalized spacial score (nSPS) is 22.4. The fraction of sp³-hybridized carbons (Fsp3) is 0.524. The molecule has 1 aliphatic carbocycles. The maximum atomic E-state index is 11.1. The molecule has 0 bridgehead atoms. The van der Waals surface area contributed by atoms with E-state index in [9.17, 15) is 5.11 Å². The quantitative estimate of drug-likeness (QED) is 0.737. The molecular weight excluding hydrogens is 310 g/mol. The minimum absolute atomic E-state index is 0.0437. The summed E-state index contributed by atoms with van der Waals surface area (Å²) in [5, 5.41) is 20.2. The molecule has 4 nitrogen and oxygen atoms in total. The summed E-state index contributed by atoms with van der Waals surface area (Å²) < 4.78 is 0. The minimum atomic E-state index is -0.122. The molecule has 0 fully saturated rings. The molecule has 3 rings (SSSR count). The summed E-state index contributed by atoms with van der Waals surface area (Å²) in [5.74, 6) is 0.314. The highest BCUT2D eigenvalue weighted by atomic mass is 16.3. The first kappa shape index (κ1) is 17.7. The van der Waals surface area contributed by atoms with E-state index in [0.717, 1.165) is 23.0 Å². The van der Waals surface area contributed by atoms with Crippen molar-refractivity contribution >= 4 is 16.7 Å². The van der Waals surface area contributed by atoms with E-state index in [1.165, 1.54) is 0 Å². The van der Waals surface area contributed by atoms with Crippen molar-refractivity contribution in [1.29, 1.82) is 0 Å². The lowest BCUT2D eigenvalue weighted by Gasteiger charge is -2.45. The van der Waals surface area contributed by atoms with Crippen molar-refractivity contribution in [2.75, 3.05) is 0 Å². The molecule has 1 N–H and O–H groups in total. The third kappa shape index (κ3) is 2.99. The Bertz CT molecular complexity index is 841. The van der Waals surface area contributed by atoms with Crippen molar-refractivity contribution in [3.8, 4) is 0 Å². The molecule has 1 atom stereocenters. The lowest BCUT2D eigenvalue weighted by Crippen LogP contribution is -2.36. The fourth-order valence-corrected chi connectivity index (χ4v) is 3.25. The van der Waals surface area contributed by atoms with Crippen molar-refractivity contribution in [2.45, 2.75) is 54.9 Å². The second-order valence-corrected chi connectivity index (χ2v) is 9.43. The van der Waals surface area contributed by atoms with E-state index in [-0.39, 0.29) is 16.2 Å². The molecular formula is C21H29N3O. The van der Waals surface area contributed by atoms with Crippen LogP contribution in [0.2, 0.25) is 0 Å². The Morgan fingerprint density at radius 1 is 1.00 bits per heavy atom. The highest BCUT2D eigenvalue weighted by molar-refractivity contribution is 5.75. The Morgan fingerprint density at radius 3 is 1.96 bits per heavy atom. The standard InChI is InChI=1S/C21H29N3O/c1-19(2,3)14-12-21(7,20(4,5)6)13-17(18(14)25)24-22-15-10-8-9-11-16(15)23-24/h8-11,13,25H,12H2,1-7H3. The predicted molar refractivity (Wildman–Crippen MR) is 103 cm³/mol. The van der Waals surface area contributed by atoms with Crippen molar-refractivity contribution in [1.82, 2.24) is 15.0 Å². The zero-order valence-electron chi connectivity index (χ0n) is 16.4. The molecule has 1 unspecified atom stereocenters. The molecule has 0 radical (unpaired) electrons. The van der Waals surface area contributed by atoms with Crippen LogP contribution >= 0.6 is 0 Å². The van der Waals surface area contributed by atoms with E-state index < -0.39 is 0 Å². The number of rotatable bonds is 1. The van der Waals surface area contributed by atoms with Gasteiger partial charge in [-0.25, -0.2) is 0 Å². The van der Waals surface area contributed by atoms with Gasteiger partial charge in [-0.15, -0.1) is 15.0 Å². The van der Waals surface area contributed by atoms with Gasteiger partial charge in [-0.3, -0.25) is 0 Å².